The maximum Gasteiger partial charge on any atom is 0.219 e. The van der Waals surface area contributed by atoms with E-state index in [9.17, 15) is 4.39 Å². The van der Waals surface area contributed by atoms with E-state index in [1.807, 2.05) is 36.4 Å². The first-order valence-corrected chi connectivity index (χ1v) is 8.47. The van der Waals surface area contributed by atoms with Crippen LogP contribution >= 0.6 is 0 Å². The Morgan fingerprint density at radius 2 is 1.92 bits per heavy atom. The second-order valence-electron chi connectivity index (χ2n) is 6.20. The molecule has 0 amide bonds. The summed E-state index contributed by atoms with van der Waals surface area (Å²) in [7, 11) is 0. The van der Waals surface area contributed by atoms with Gasteiger partial charge in [-0.05, 0) is 60.0 Å². The molecule has 1 atom stereocenters. The highest BCUT2D eigenvalue weighted by molar-refractivity contribution is 5.43. The molecule has 4 heteroatoms. The first-order chi connectivity index (χ1) is 12.3. The maximum atomic E-state index is 13.3. The fraction of sp³-hybridized carbons (Fsp3) is 0.190. The molecule has 1 aliphatic rings. The van der Waals surface area contributed by atoms with Crippen molar-refractivity contribution in [2.45, 2.75) is 18.9 Å². The predicted molar refractivity (Wildman–Crippen MR) is 95.3 cm³/mol. The van der Waals surface area contributed by atoms with Gasteiger partial charge in [-0.25, -0.2) is 9.37 Å². The van der Waals surface area contributed by atoms with Gasteiger partial charge in [0.15, 0.2) is 0 Å². The summed E-state index contributed by atoms with van der Waals surface area (Å²) >= 11 is 0. The van der Waals surface area contributed by atoms with Gasteiger partial charge in [0, 0.05) is 24.7 Å². The summed E-state index contributed by atoms with van der Waals surface area (Å²) < 4.78 is 19.1. The first kappa shape index (κ1) is 15.8. The zero-order valence-electron chi connectivity index (χ0n) is 13.8. The SMILES string of the molecule is Fc1ccc(C2CCNCc3cc(Oc4ccccn4)ccc32)cc1. The minimum Gasteiger partial charge on any atom is -0.439 e. The summed E-state index contributed by atoms with van der Waals surface area (Å²) in [6, 6.07) is 18.6. The number of pyridine rings is 1. The Morgan fingerprint density at radius 1 is 1.04 bits per heavy atom. The number of aromatic nitrogens is 1. The van der Waals surface area contributed by atoms with Gasteiger partial charge in [-0.15, -0.1) is 0 Å². The molecule has 0 bridgehead atoms. The van der Waals surface area contributed by atoms with Gasteiger partial charge in [0.2, 0.25) is 5.88 Å². The highest BCUT2D eigenvalue weighted by atomic mass is 19.1. The molecule has 1 aromatic heterocycles. The molecule has 1 unspecified atom stereocenters. The third-order valence-corrected chi connectivity index (χ3v) is 4.55. The predicted octanol–water partition coefficient (Wildman–Crippen LogP) is 4.64. The van der Waals surface area contributed by atoms with E-state index in [0.717, 1.165) is 30.8 Å². The Hall–Kier alpha value is -2.72. The van der Waals surface area contributed by atoms with Crippen molar-refractivity contribution in [3.8, 4) is 11.6 Å². The fourth-order valence-corrected chi connectivity index (χ4v) is 3.33. The van der Waals surface area contributed by atoms with E-state index in [1.165, 1.54) is 23.3 Å². The molecular formula is C21H19FN2O. The first-order valence-electron chi connectivity index (χ1n) is 8.47. The third kappa shape index (κ3) is 3.54. The van der Waals surface area contributed by atoms with Crippen LogP contribution in [0.1, 0.15) is 29.0 Å². The largest absolute Gasteiger partial charge is 0.439 e. The van der Waals surface area contributed by atoms with Crippen molar-refractivity contribution in [1.82, 2.24) is 10.3 Å². The molecule has 2 aromatic carbocycles. The van der Waals surface area contributed by atoms with E-state index < -0.39 is 0 Å². The van der Waals surface area contributed by atoms with Crippen molar-refractivity contribution in [2.75, 3.05) is 6.54 Å². The Kier molecular flexibility index (Phi) is 4.44. The molecular weight excluding hydrogens is 315 g/mol. The standard InChI is InChI=1S/C21H19FN2O/c22-17-6-4-15(5-7-17)20-10-12-23-14-16-13-18(8-9-19(16)20)25-21-3-1-2-11-24-21/h1-9,11,13,20,23H,10,12,14H2. The lowest BCUT2D eigenvalue weighted by Gasteiger charge is -2.18. The molecule has 0 saturated heterocycles. The van der Waals surface area contributed by atoms with Crippen LogP contribution in [0.5, 0.6) is 11.6 Å². The Balaban J connectivity index is 1.66. The van der Waals surface area contributed by atoms with Gasteiger partial charge in [0.05, 0.1) is 0 Å². The zero-order valence-corrected chi connectivity index (χ0v) is 13.8. The number of hydrogen-bond acceptors (Lipinski definition) is 3. The molecule has 0 radical (unpaired) electrons. The summed E-state index contributed by atoms with van der Waals surface area (Å²) in [5, 5.41) is 3.46. The molecule has 0 fully saturated rings. The number of nitrogens with one attached hydrogen (secondary N) is 1. The maximum absolute atomic E-state index is 13.3. The molecule has 3 nitrogen and oxygen atoms in total. The van der Waals surface area contributed by atoms with Crippen LogP contribution < -0.4 is 10.1 Å². The van der Waals surface area contributed by atoms with Gasteiger partial charge in [-0.2, -0.15) is 0 Å². The van der Waals surface area contributed by atoms with Crippen LogP contribution in [0.25, 0.3) is 0 Å². The summed E-state index contributed by atoms with van der Waals surface area (Å²) in [5.41, 5.74) is 3.62. The normalized spacial score (nSPS) is 16.8. The number of halogens is 1. The van der Waals surface area contributed by atoms with Crippen LogP contribution in [-0.4, -0.2) is 11.5 Å². The molecule has 0 saturated carbocycles. The summed E-state index contributed by atoms with van der Waals surface area (Å²) in [5.74, 6) is 1.42. The monoisotopic (exact) mass is 334 g/mol. The average molecular weight is 334 g/mol. The van der Waals surface area contributed by atoms with Crippen molar-refractivity contribution in [1.29, 1.82) is 0 Å². The fourth-order valence-electron chi connectivity index (χ4n) is 3.33. The van der Waals surface area contributed by atoms with E-state index >= 15 is 0 Å². The van der Waals surface area contributed by atoms with E-state index in [4.69, 9.17) is 4.74 Å². The number of fused-ring (bicyclic) bond motifs is 1. The van der Waals surface area contributed by atoms with Crippen LogP contribution in [0.3, 0.4) is 0 Å². The number of hydrogen-bond donors (Lipinski definition) is 1. The second-order valence-corrected chi connectivity index (χ2v) is 6.20. The van der Waals surface area contributed by atoms with Crippen LogP contribution in [0.2, 0.25) is 0 Å². The molecule has 126 valence electrons. The summed E-state index contributed by atoms with van der Waals surface area (Å²) in [6.45, 7) is 1.72. The lowest BCUT2D eigenvalue weighted by atomic mass is 9.86. The van der Waals surface area contributed by atoms with Crippen molar-refractivity contribution in [2.24, 2.45) is 0 Å². The Bertz CT molecular complexity index is 850. The van der Waals surface area contributed by atoms with Crippen LogP contribution in [0.4, 0.5) is 4.39 Å². The van der Waals surface area contributed by atoms with Crippen molar-refractivity contribution >= 4 is 0 Å². The third-order valence-electron chi connectivity index (χ3n) is 4.55. The minimum atomic E-state index is -0.199. The number of ether oxygens (including phenoxy) is 1. The van der Waals surface area contributed by atoms with Gasteiger partial charge in [-0.3, -0.25) is 0 Å². The van der Waals surface area contributed by atoms with E-state index in [0.29, 0.717) is 5.88 Å². The van der Waals surface area contributed by atoms with E-state index in [1.54, 1.807) is 6.20 Å². The van der Waals surface area contributed by atoms with Crippen LogP contribution in [-0.2, 0) is 6.54 Å². The number of nitrogens with zero attached hydrogens (tertiary/aromatic N) is 1. The van der Waals surface area contributed by atoms with Crippen molar-refractivity contribution in [3.63, 3.8) is 0 Å². The molecule has 0 spiro atoms. The highest BCUT2D eigenvalue weighted by Gasteiger charge is 2.21. The van der Waals surface area contributed by atoms with E-state index in [2.05, 4.69) is 22.4 Å². The smallest absolute Gasteiger partial charge is 0.219 e. The van der Waals surface area contributed by atoms with E-state index in [-0.39, 0.29) is 11.7 Å². The zero-order chi connectivity index (χ0) is 17.1. The quantitative estimate of drug-likeness (QED) is 0.758. The van der Waals surface area contributed by atoms with Gasteiger partial charge in [0.1, 0.15) is 11.6 Å². The molecule has 4 rings (SSSR count). The molecule has 2 heterocycles. The van der Waals surface area contributed by atoms with Gasteiger partial charge < -0.3 is 10.1 Å². The second kappa shape index (κ2) is 7.03. The molecule has 25 heavy (non-hydrogen) atoms. The van der Waals surface area contributed by atoms with Crippen LogP contribution in [0.15, 0.2) is 66.9 Å². The van der Waals surface area contributed by atoms with Gasteiger partial charge in [-0.1, -0.05) is 24.3 Å². The van der Waals surface area contributed by atoms with Crippen molar-refractivity contribution in [3.05, 3.63) is 89.4 Å². The number of rotatable bonds is 3. The minimum absolute atomic E-state index is 0.199. The lowest BCUT2D eigenvalue weighted by Crippen LogP contribution is -2.12. The van der Waals surface area contributed by atoms with Gasteiger partial charge in [0.25, 0.3) is 0 Å². The lowest BCUT2D eigenvalue weighted by molar-refractivity contribution is 0.462. The van der Waals surface area contributed by atoms with Crippen molar-refractivity contribution < 1.29 is 9.13 Å². The van der Waals surface area contributed by atoms with Gasteiger partial charge >= 0.3 is 0 Å². The van der Waals surface area contributed by atoms with Crippen LogP contribution in [0, 0.1) is 5.82 Å². The summed E-state index contributed by atoms with van der Waals surface area (Å²) in [6.07, 6.45) is 2.70. The molecule has 3 aromatic rings. The average Bonchev–Trinajstić information content (AvgIpc) is 2.85. The molecule has 0 aliphatic carbocycles. The molecule has 1 N–H and O–H groups in total. The topological polar surface area (TPSA) is 34.1 Å². The molecule has 1 aliphatic heterocycles. The Labute approximate surface area is 146 Å². The highest BCUT2D eigenvalue weighted by Crippen LogP contribution is 2.34. The summed E-state index contributed by atoms with van der Waals surface area (Å²) in [4.78, 5) is 4.20. The number of benzene rings is 2. The Morgan fingerprint density at radius 3 is 2.72 bits per heavy atom.